The molecule has 2 heterocycles. The highest BCUT2D eigenvalue weighted by atomic mass is 15.1. The Hall–Kier alpha value is -10.8. The summed E-state index contributed by atoms with van der Waals surface area (Å²) in [6.45, 7) is 11.7. The van der Waals surface area contributed by atoms with Crippen molar-refractivity contribution in [3.05, 3.63) is 302 Å². The van der Waals surface area contributed by atoms with Gasteiger partial charge in [-0.05, 0) is 166 Å². The van der Waals surface area contributed by atoms with Crippen molar-refractivity contribution >= 4 is 43.6 Å². The lowest BCUT2D eigenvalue weighted by Crippen LogP contribution is -2.05. The van der Waals surface area contributed by atoms with E-state index in [9.17, 15) is 10.5 Å². The molecule has 392 valence electrons. The molecule has 13 aromatic rings. The molecule has 0 radical (unpaired) electrons. The molecule has 0 amide bonds. The van der Waals surface area contributed by atoms with E-state index in [0.29, 0.717) is 11.1 Å². The Bertz CT molecular complexity index is 4110. The van der Waals surface area contributed by atoms with E-state index in [4.69, 9.17) is 0 Å². The van der Waals surface area contributed by atoms with Gasteiger partial charge in [0.05, 0.1) is 56.7 Å². The van der Waals surface area contributed by atoms with Crippen LogP contribution < -0.4 is 0 Å². The van der Waals surface area contributed by atoms with E-state index in [1.807, 2.05) is 80.6 Å². The molecule has 0 bridgehead atoms. The standard InChI is InChI=1S/C68H42N4.C8H12.C2H6/c69-43-45-21-25-51(26-22-45)57-41-67(71-63-33-29-53(47-13-5-1-6-14-47)37-59(63)60-38-54(30-34-64(60)71)48-15-7-2-8-16-48)68(42-58(57)52-27-23-46(44-70)24-28-52)72-65-35-31-55(49-17-9-3-10-18-49)39-61(65)62-40-56(32-36-66(62)72)50-19-11-4-12-20-50;1-4-5-6-7-8(2)3;1-2/h1-42H;4-7H,1H2,2-3H3;1-2H3/b;6-5-;. The van der Waals surface area contributed by atoms with Gasteiger partial charge in [-0.2, -0.15) is 10.5 Å². The van der Waals surface area contributed by atoms with Gasteiger partial charge in [-0.25, -0.2) is 0 Å². The van der Waals surface area contributed by atoms with Crippen LogP contribution in [0.15, 0.2) is 291 Å². The second-order valence-corrected chi connectivity index (χ2v) is 20.2. The molecular formula is C78H60N4. The third-order valence-electron chi connectivity index (χ3n) is 14.9. The molecule has 4 heteroatoms. The molecule has 0 aliphatic carbocycles. The Morgan fingerprint density at radius 3 is 0.878 bits per heavy atom. The smallest absolute Gasteiger partial charge is 0.0991 e. The summed E-state index contributed by atoms with van der Waals surface area (Å²) >= 11 is 0. The lowest BCUT2D eigenvalue weighted by atomic mass is 9.92. The van der Waals surface area contributed by atoms with Gasteiger partial charge >= 0.3 is 0 Å². The van der Waals surface area contributed by atoms with Crippen molar-refractivity contribution in [2.45, 2.75) is 27.7 Å². The molecule has 0 saturated carbocycles. The van der Waals surface area contributed by atoms with E-state index in [-0.39, 0.29) is 0 Å². The van der Waals surface area contributed by atoms with Gasteiger partial charge in [-0.15, -0.1) is 0 Å². The van der Waals surface area contributed by atoms with Crippen LogP contribution in [0.5, 0.6) is 0 Å². The van der Waals surface area contributed by atoms with Crippen LogP contribution in [0.4, 0.5) is 0 Å². The Kier molecular flexibility index (Phi) is 15.6. The molecule has 13 rings (SSSR count). The van der Waals surface area contributed by atoms with Crippen molar-refractivity contribution in [3.8, 4) is 90.3 Å². The number of nitrogens with zero attached hydrogens (tertiary/aromatic N) is 4. The number of benzene rings is 11. The Morgan fingerprint density at radius 1 is 0.341 bits per heavy atom. The lowest BCUT2D eigenvalue weighted by Gasteiger charge is -2.22. The van der Waals surface area contributed by atoms with Gasteiger partial charge in [-0.3, -0.25) is 0 Å². The summed E-state index contributed by atoms with van der Waals surface area (Å²) in [6, 6.07) is 95.0. The molecule has 0 aliphatic rings. The van der Waals surface area contributed by atoms with Gasteiger partial charge in [0.15, 0.2) is 0 Å². The molecule has 0 aliphatic heterocycles. The number of hydrogen-bond acceptors (Lipinski definition) is 2. The molecule has 11 aromatic carbocycles. The second kappa shape index (κ2) is 24.1. The SMILES string of the molecule is C=C/C=C\C=C(C)C.CC.N#Cc1ccc(-c2cc(-n3c4ccc(-c5ccccc5)cc4c4cc(-c5ccccc5)ccc43)c(-n3c4ccc(-c5ccccc5)cc4c4cc(-c5ccccc5)ccc43)cc2-c2ccc(C#N)cc2)cc1. The van der Waals surface area contributed by atoms with Gasteiger partial charge in [-0.1, -0.05) is 220 Å². The Morgan fingerprint density at radius 2 is 0.622 bits per heavy atom. The van der Waals surface area contributed by atoms with Crippen LogP contribution in [-0.2, 0) is 0 Å². The van der Waals surface area contributed by atoms with E-state index >= 15 is 0 Å². The summed E-state index contributed by atoms with van der Waals surface area (Å²) < 4.78 is 4.90. The van der Waals surface area contributed by atoms with Crippen molar-refractivity contribution in [3.63, 3.8) is 0 Å². The minimum absolute atomic E-state index is 0.594. The number of rotatable bonds is 10. The normalized spacial score (nSPS) is 10.9. The maximum absolute atomic E-state index is 9.93. The molecule has 0 saturated heterocycles. The van der Waals surface area contributed by atoms with Gasteiger partial charge in [0, 0.05) is 21.5 Å². The summed E-state index contributed by atoms with van der Waals surface area (Å²) in [7, 11) is 0. The molecule has 0 atom stereocenters. The van der Waals surface area contributed by atoms with Crippen molar-refractivity contribution in [1.82, 2.24) is 9.13 Å². The zero-order chi connectivity index (χ0) is 56.5. The summed E-state index contributed by atoms with van der Waals surface area (Å²) in [5, 5.41) is 24.5. The van der Waals surface area contributed by atoms with Crippen LogP contribution in [0.3, 0.4) is 0 Å². The van der Waals surface area contributed by atoms with Crippen LogP contribution in [0, 0.1) is 22.7 Å². The highest BCUT2D eigenvalue weighted by molar-refractivity contribution is 6.14. The number of hydrogen-bond donors (Lipinski definition) is 0. The Labute approximate surface area is 481 Å². The number of aromatic nitrogens is 2. The fraction of sp³-hybridized carbons (Fsp3) is 0.0513. The Balaban J connectivity index is 0.000000652. The molecule has 0 fully saturated rings. The molecule has 0 unspecified atom stereocenters. The van der Waals surface area contributed by atoms with E-state index in [0.717, 1.165) is 122 Å². The third-order valence-corrected chi connectivity index (χ3v) is 14.9. The van der Waals surface area contributed by atoms with Crippen LogP contribution in [-0.4, -0.2) is 9.13 Å². The lowest BCUT2D eigenvalue weighted by molar-refractivity contribution is 1.10. The van der Waals surface area contributed by atoms with E-state index < -0.39 is 0 Å². The summed E-state index contributed by atoms with van der Waals surface area (Å²) in [6.07, 6.45) is 7.69. The maximum Gasteiger partial charge on any atom is 0.0991 e. The van der Waals surface area contributed by atoms with Crippen LogP contribution in [0.1, 0.15) is 38.8 Å². The largest absolute Gasteiger partial charge is 0.307 e. The first kappa shape index (κ1) is 53.2. The molecule has 4 nitrogen and oxygen atoms in total. The predicted octanol–water partition coefficient (Wildman–Crippen LogP) is 21.3. The molecule has 0 spiro atoms. The van der Waals surface area contributed by atoms with Crippen LogP contribution >= 0.6 is 0 Å². The van der Waals surface area contributed by atoms with E-state index in [2.05, 4.69) is 248 Å². The summed E-state index contributed by atoms with van der Waals surface area (Å²) in [4.78, 5) is 0. The zero-order valence-electron chi connectivity index (χ0n) is 46.6. The van der Waals surface area contributed by atoms with Gasteiger partial charge in [0.25, 0.3) is 0 Å². The quantitative estimate of drug-likeness (QED) is 0.128. The molecular weight excluding hydrogens is 993 g/mol. The number of fused-ring (bicyclic) bond motifs is 6. The maximum atomic E-state index is 9.93. The highest BCUT2D eigenvalue weighted by Crippen LogP contribution is 2.46. The average Bonchev–Trinajstić information content (AvgIpc) is 3.06. The highest BCUT2D eigenvalue weighted by Gasteiger charge is 2.24. The second-order valence-electron chi connectivity index (χ2n) is 20.2. The number of allylic oxidation sites excluding steroid dienone is 5. The predicted molar refractivity (Wildman–Crippen MR) is 347 cm³/mol. The fourth-order valence-corrected chi connectivity index (χ4v) is 11.0. The average molecular weight is 1050 g/mol. The first-order valence-corrected chi connectivity index (χ1v) is 27.9. The van der Waals surface area contributed by atoms with Gasteiger partial charge in [0.1, 0.15) is 0 Å². The van der Waals surface area contributed by atoms with Crippen molar-refractivity contribution in [2.24, 2.45) is 0 Å². The fourth-order valence-electron chi connectivity index (χ4n) is 11.0. The first-order valence-electron chi connectivity index (χ1n) is 27.9. The topological polar surface area (TPSA) is 57.4 Å². The summed E-state index contributed by atoms with van der Waals surface area (Å²) in [5.41, 5.74) is 21.9. The van der Waals surface area contributed by atoms with Crippen molar-refractivity contribution < 1.29 is 0 Å². The van der Waals surface area contributed by atoms with Gasteiger partial charge < -0.3 is 9.13 Å². The third kappa shape index (κ3) is 10.6. The van der Waals surface area contributed by atoms with Crippen LogP contribution in [0.2, 0.25) is 0 Å². The van der Waals surface area contributed by atoms with E-state index in [1.165, 1.54) is 5.57 Å². The van der Waals surface area contributed by atoms with Gasteiger partial charge in [0.2, 0.25) is 0 Å². The molecule has 0 N–H and O–H groups in total. The monoisotopic (exact) mass is 1050 g/mol. The minimum Gasteiger partial charge on any atom is -0.307 e. The molecule has 2 aromatic heterocycles. The number of nitriles is 2. The first-order chi connectivity index (χ1) is 40.4. The van der Waals surface area contributed by atoms with E-state index in [1.54, 1.807) is 6.08 Å². The van der Waals surface area contributed by atoms with Crippen molar-refractivity contribution in [1.29, 1.82) is 10.5 Å². The van der Waals surface area contributed by atoms with Crippen LogP contribution in [0.25, 0.3) is 122 Å². The van der Waals surface area contributed by atoms with Crippen molar-refractivity contribution in [2.75, 3.05) is 0 Å². The molecule has 82 heavy (non-hydrogen) atoms. The zero-order valence-corrected chi connectivity index (χ0v) is 46.6. The summed E-state index contributed by atoms with van der Waals surface area (Å²) in [5.74, 6) is 0. The minimum atomic E-state index is 0.594.